The Bertz CT molecular complexity index is 1390. The highest BCUT2D eigenvalue weighted by Gasteiger charge is 2.15. The van der Waals surface area contributed by atoms with Gasteiger partial charge in [-0.3, -0.25) is 23.9 Å². The number of primary sulfonamides is 1. The van der Waals surface area contributed by atoms with Gasteiger partial charge in [0.2, 0.25) is 10.0 Å². The van der Waals surface area contributed by atoms with E-state index >= 15 is 0 Å². The summed E-state index contributed by atoms with van der Waals surface area (Å²) >= 11 is 0. The van der Waals surface area contributed by atoms with E-state index in [4.69, 9.17) is 9.88 Å². The second-order valence-corrected chi connectivity index (χ2v) is 8.49. The normalized spacial score (nSPS) is 12.3. The molecule has 2 aromatic carbocycles. The summed E-state index contributed by atoms with van der Waals surface area (Å²) in [6.07, 6.45) is 0. The van der Waals surface area contributed by atoms with Crippen LogP contribution in [0.15, 0.2) is 63.0 Å². The van der Waals surface area contributed by atoms with Gasteiger partial charge in [0.15, 0.2) is 6.61 Å². The first-order chi connectivity index (χ1) is 15.1. The fourth-order valence-corrected chi connectivity index (χ4v) is 3.55. The topological polar surface area (TPSA) is 170 Å². The Morgan fingerprint density at radius 2 is 1.78 bits per heavy atom. The molecule has 3 rings (SSSR count). The molecule has 1 unspecified atom stereocenters. The lowest BCUT2D eigenvalue weighted by atomic mass is 10.1. The van der Waals surface area contributed by atoms with E-state index in [1.54, 1.807) is 19.1 Å². The highest BCUT2D eigenvalue weighted by molar-refractivity contribution is 7.89. The van der Waals surface area contributed by atoms with E-state index in [2.05, 4.69) is 10.3 Å². The van der Waals surface area contributed by atoms with E-state index in [1.807, 2.05) is 0 Å². The number of nitrogens with one attached hydrogen (secondary N) is 2. The van der Waals surface area contributed by atoms with Gasteiger partial charge in [-0.2, -0.15) is 0 Å². The van der Waals surface area contributed by atoms with Crippen LogP contribution >= 0.6 is 0 Å². The highest BCUT2D eigenvalue weighted by atomic mass is 32.2. The lowest BCUT2D eigenvalue weighted by molar-refractivity contribution is -0.149. The summed E-state index contributed by atoms with van der Waals surface area (Å²) in [5, 5.41) is 7.89. The molecule has 168 valence electrons. The minimum absolute atomic E-state index is 0.0567. The van der Waals surface area contributed by atoms with Crippen LogP contribution in [-0.4, -0.2) is 36.5 Å². The monoisotopic (exact) mass is 460 g/mol. The SMILES string of the molecule is CC(NC(=O)COC(=O)Cn1c(=O)[nH]c(=O)c2ccccc21)c1ccc(S(N)(=O)=O)cc1. The predicted molar refractivity (Wildman–Crippen MR) is 114 cm³/mol. The van der Waals surface area contributed by atoms with Gasteiger partial charge < -0.3 is 10.1 Å². The zero-order valence-electron chi connectivity index (χ0n) is 16.9. The molecule has 1 heterocycles. The molecule has 0 aliphatic carbocycles. The van der Waals surface area contributed by atoms with Gasteiger partial charge in [0.05, 0.1) is 21.8 Å². The molecule has 0 aliphatic rings. The number of H-pyrrole nitrogens is 1. The summed E-state index contributed by atoms with van der Waals surface area (Å²) in [4.78, 5) is 50.3. The van der Waals surface area contributed by atoms with E-state index in [-0.39, 0.29) is 15.8 Å². The fourth-order valence-electron chi connectivity index (χ4n) is 3.03. The molecule has 3 aromatic rings. The third kappa shape index (κ3) is 5.28. The maximum absolute atomic E-state index is 12.2. The summed E-state index contributed by atoms with van der Waals surface area (Å²) < 4.78 is 28.6. The number of amides is 1. The zero-order chi connectivity index (χ0) is 23.5. The van der Waals surface area contributed by atoms with Crippen molar-refractivity contribution in [3.8, 4) is 0 Å². The number of aromatic nitrogens is 2. The van der Waals surface area contributed by atoms with Crippen LogP contribution in [0.5, 0.6) is 0 Å². The van der Waals surface area contributed by atoms with Gasteiger partial charge in [-0.15, -0.1) is 0 Å². The van der Waals surface area contributed by atoms with Crippen molar-refractivity contribution in [2.24, 2.45) is 5.14 Å². The maximum Gasteiger partial charge on any atom is 0.329 e. The van der Waals surface area contributed by atoms with E-state index in [0.29, 0.717) is 5.56 Å². The minimum atomic E-state index is -3.82. The van der Waals surface area contributed by atoms with Crippen molar-refractivity contribution in [1.29, 1.82) is 0 Å². The molecule has 0 radical (unpaired) electrons. The number of hydrogen-bond donors (Lipinski definition) is 3. The van der Waals surface area contributed by atoms with Crippen molar-refractivity contribution in [3.05, 3.63) is 74.9 Å². The molecule has 4 N–H and O–H groups in total. The van der Waals surface area contributed by atoms with Gasteiger partial charge in [-0.05, 0) is 36.8 Å². The summed E-state index contributed by atoms with van der Waals surface area (Å²) in [5.41, 5.74) is -0.463. The summed E-state index contributed by atoms with van der Waals surface area (Å²) in [6.45, 7) is 0.583. The van der Waals surface area contributed by atoms with Crippen LogP contribution in [0, 0.1) is 0 Å². The van der Waals surface area contributed by atoms with Crippen molar-refractivity contribution in [3.63, 3.8) is 0 Å². The molecule has 32 heavy (non-hydrogen) atoms. The Balaban J connectivity index is 1.60. The number of carbonyl (C=O) groups excluding carboxylic acids is 2. The van der Waals surface area contributed by atoms with Crippen LogP contribution in [0.1, 0.15) is 18.5 Å². The third-order valence-corrected chi connectivity index (χ3v) is 5.57. The molecular weight excluding hydrogens is 440 g/mol. The van der Waals surface area contributed by atoms with Gasteiger partial charge in [0, 0.05) is 0 Å². The first-order valence-electron chi connectivity index (χ1n) is 9.36. The third-order valence-electron chi connectivity index (χ3n) is 4.64. The molecular formula is C20H20N4O7S. The number of aromatic amines is 1. The van der Waals surface area contributed by atoms with Crippen molar-refractivity contribution >= 4 is 32.8 Å². The minimum Gasteiger partial charge on any atom is -0.454 e. The fraction of sp³-hybridized carbons (Fsp3) is 0.200. The number of sulfonamides is 1. The van der Waals surface area contributed by atoms with Crippen LogP contribution in [0.3, 0.4) is 0 Å². The Kier molecular flexibility index (Phi) is 6.55. The highest BCUT2D eigenvalue weighted by Crippen LogP contribution is 2.15. The quantitative estimate of drug-likeness (QED) is 0.408. The number of benzene rings is 2. The first kappa shape index (κ1) is 22.9. The molecule has 0 aliphatic heterocycles. The van der Waals surface area contributed by atoms with Crippen LogP contribution in [0.2, 0.25) is 0 Å². The average Bonchev–Trinajstić information content (AvgIpc) is 2.74. The molecule has 0 spiro atoms. The van der Waals surface area contributed by atoms with Gasteiger partial charge in [-0.1, -0.05) is 24.3 Å². The summed E-state index contributed by atoms with van der Waals surface area (Å²) in [5.74, 6) is -1.44. The van der Waals surface area contributed by atoms with Crippen molar-refractivity contribution < 1.29 is 22.7 Å². The molecule has 12 heteroatoms. The van der Waals surface area contributed by atoms with E-state index in [9.17, 15) is 27.6 Å². The van der Waals surface area contributed by atoms with Crippen LogP contribution in [0.25, 0.3) is 10.9 Å². The lowest BCUT2D eigenvalue weighted by Crippen LogP contribution is -2.35. The number of rotatable bonds is 7. The van der Waals surface area contributed by atoms with Crippen molar-refractivity contribution in [2.75, 3.05) is 6.61 Å². The maximum atomic E-state index is 12.2. The zero-order valence-corrected chi connectivity index (χ0v) is 17.7. The van der Waals surface area contributed by atoms with Gasteiger partial charge >= 0.3 is 11.7 Å². The second-order valence-electron chi connectivity index (χ2n) is 6.93. The lowest BCUT2D eigenvalue weighted by Gasteiger charge is -2.15. The van der Waals surface area contributed by atoms with Crippen LogP contribution in [0.4, 0.5) is 0 Å². The Morgan fingerprint density at radius 1 is 1.12 bits per heavy atom. The Morgan fingerprint density at radius 3 is 2.44 bits per heavy atom. The second kappa shape index (κ2) is 9.16. The molecule has 0 saturated carbocycles. The molecule has 1 atom stereocenters. The van der Waals surface area contributed by atoms with E-state index < -0.39 is 52.3 Å². The number of fused-ring (bicyclic) bond motifs is 1. The van der Waals surface area contributed by atoms with Crippen molar-refractivity contribution in [2.45, 2.75) is 24.4 Å². The number of ether oxygens (including phenoxy) is 1. The van der Waals surface area contributed by atoms with Gasteiger partial charge in [-0.25, -0.2) is 18.4 Å². The molecule has 0 saturated heterocycles. The number of carbonyl (C=O) groups is 2. The Labute approximate surface area is 181 Å². The van der Waals surface area contributed by atoms with Gasteiger partial charge in [0.25, 0.3) is 11.5 Å². The van der Waals surface area contributed by atoms with Crippen LogP contribution < -0.4 is 21.7 Å². The first-order valence-corrected chi connectivity index (χ1v) is 10.9. The molecule has 0 fully saturated rings. The molecule has 11 nitrogen and oxygen atoms in total. The molecule has 0 bridgehead atoms. The summed E-state index contributed by atoms with van der Waals surface area (Å²) in [6, 6.07) is 11.4. The number of para-hydroxylation sites is 1. The number of nitrogens with two attached hydrogens (primary N) is 1. The number of nitrogens with zero attached hydrogens (tertiary/aromatic N) is 1. The van der Waals surface area contributed by atoms with Crippen molar-refractivity contribution in [1.82, 2.24) is 14.9 Å². The molecule has 1 amide bonds. The van der Waals surface area contributed by atoms with Crippen LogP contribution in [-0.2, 0) is 30.9 Å². The smallest absolute Gasteiger partial charge is 0.329 e. The van der Waals surface area contributed by atoms with Gasteiger partial charge in [0.1, 0.15) is 6.54 Å². The standard InChI is InChI=1S/C20H20N4O7S/c1-12(13-6-8-14(9-7-13)32(21,29)30)22-17(25)11-31-18(26)10-24-16-5-3-2-4-15(16)19(27)23-20(24)28/h2-9,12H,10-11H2,1H3,(H,22,25)(H2,21,29,30)(H,23,27,28). The predicted octanol–water partition coefficient (Wildman–Crippen LogP) is -0.242. The van der Waals surface area contributed by atoms with E-state index in [1.165, 1.54) is 36.4 Å². The average molecular weight is 460 g/mol. The largest absolute Gasteiger partial charge is 0.454 e. The Hall–Kier alpha value is -3.77. The number of hydrogen-bond acceptors (Lipinski definition) is 7. The number of esters is 1. The summed E-state index contributed by atoms with van der Waals surface area (Å²) in [7, 11) is -3.82. The van der Waals surface area contributed by atoms with E-state index in [0.717, 1.165) is 4.57 Å². The molecule has 1 aromatic heterocycles.